The molecule has 0 radical (unpaired) electrons. The van der Waals surface area contributed by atoms with Gasteiger partial charge in [-0.15, -0.1) is 0 Å². The standard InChI is InChI=1S/C17H18N6O/c1-3-15(9-18-4-1)24-13-14-10-22-8-7-19-16(22)12-23(11-14)17-20-5-2-6-21-17/h1-9,14H,10-13H2. The van der Waals surface area contributed by atoms with E-state index in [0.717, 1.165) is 30.6 Å². The summed E-state index contributed by atoms with van der Waals surface area (Å²) in [4.78, 5) is 19.5. The summed E-state index contributed by atoms with van der Waals surface area (Å²) in [5.74, 6) is 2.83. The van der Waals surface area contributed by atoms with Crippen LogP contribution in [0.4, 0.5) is 5.95 Å². The molecule has 0 fully saturated rings. The lowest BCUT2D eigenvalue weighted by atomic mass is 10.1. The maximum atomic E-state index is 5.91. The van der Waals surface area contributed by atoms with Crippen LogP contribution in [0.15, 0.2) is 55.4 Å². The molecular weight excluding hydrogens is 304 g/mol. The second-order valence-corrected chi connectivity index (χ2v) is 5.79. The molecule has 4 rings (SSSR count). The van der Waals surface area contributed by atoms with Gasteiger partial charge in [0.15, 0.2) is 0 Å². The Kier molecular flexibility index (Phi) is 4.05. The Morgan fingerprint density at radius 2 is 1.96 bits per heavy atom. The minimum Gasteiger partial charge on any atom is -0.492 e. The fourth-order valence-corrected chi connectivity index (χ4v) is 2.90. The largest absolute Gasteiger partial charge is 0.492 e. The second-order valence-electron chi connectivity index (χ2n) is 5.79. The minimum atomic E-state index is 0.296. The first-order valence-electron chi connectivity index (χ1n) is 7.93. The zero-order valence-corrected chi connectivity index (χ0v) is 13.2. The second kappa shape index (κ2) is 6.66. The van der Waals surface area contributed by atoms with Gasteiger partial charge < -0.3 is 14.2 Å². The zero-order chi connectivity index (χ0) is 16.2. The fourth-order valence-electron chi connectivity index (χ4n) is 2.90. The van der Waals surface area contributed by atoms with E-state index in [1.807, 2.05) is 30.6 Å². The third kappa shape index (κ3) is 3.19. The zero-order valence-electron chi connectivity index (χ0n) is 13.2. The van der Waals surface area contributed by atoms with Crippen molar-refractivity contribution in [2.75, 3.05) is 18.1 Å². The van der Waals surface area contributed by atoms with Crippen LogP contribution in [0.3, 0.4) is 0 Å². The van der Waals surface area contributed by atoms with Crippen LogP contribution in [0.25, 0.3) is 0 Å². The van der Waals surface area contributed by atoms with Crippen LogP contribution in [0.2, 0.25) is 0 Å². The lowest BCUT2D eigenvalue weighted by Crippen LogP contribution is -2.32. The Morgan fingerprint density at radius 3 is 2.79 bits per heavy atom. The summed E-state index contributed by atoms with van der Waals surface area (Å²) in [6.07, 6.45) is 10.9. The van der Waals surface area contributed by atoms with Gasteiger partial charge in [-0.05, 0) is 18.2 Å². The van der Waals surface area contributed by atoms with Crippen molar-refractivity contribution in [3.63, 3.8) is 0 Å². The van der Waals surface area contributed by atoms with Gasteiger partial charge >= 0.3 is 0 Å². The number of ether oxygens (including phenoxy) is 1. The number of fused-ring (bicyclic) bond motifs is 1. The van der Waals surface area contributed by atoms with Crippen molar-refractivity contribution in [3.8, 4) is 5.75 Å². The van der Waals surface area contributed by atoms with Gasteiger partial charge in [0.1, 0.15) is 11.6 Å². The maximum Gasteiger partial charge on any atom is 0.225 e. The Hall–Kier alpha value is -2.96. The van der Waals surface area contributed by atoms with E-state index in [1.165, 1.54) is 0 Å². The number of hydrogen-bond acceptors (Lipinski definition) is 6. The monoisotopic (exact) mass is 322 g/mol. The summed E-state index contributed by atoms with van der Waals surface area (Å²) in [5.41, 5.74) is 0. The quantitative estimate of drug-likeness (QED) is 0.729. The SMILES string of the molecule is c1cnc(N2Cc3nccn3CC(COc3cccnc3)C2)nc1. The van der Waals surface area contributed by atoms with E-state index in [0.29, 0.717) is 19.1 Å². The highest BCUT2D eigenvalue weighted by molar-refractivity contribution is 5.30. The van der Waals surface area contributed by atoms with Crippen LogP contribution in [0.1, 0.15) is 5.82 Å². The van der Waals surface area contributed by atoms with Crippen LogP contribution in [0.5, 0.6) is 5.75 Å². The van der Waals surface area contributed by atoms with Crippen molar-refractivity contribution in [2.24, 2.45) is 5.92 Å². The molecule has 1 atom stereocenters. The van der Waals surface area contributed by atoms with E-state index >= 15 is 0 Å². The first-order chi connectivity index (χ1) is 11.9. The fraction of sp³-hybridized carbons (Fsp3) is 0.294. The van der Waals surface area contributed by atoms with Gasteiger partial charge in [0.25, 0.3) is 0 Å². The lowest BCUT2D eigenvalue weighted by Gasteiger charge is -2.23. The molecule has 1 unspecified atom stereocenters. The van der Waals surface area contributed by atoms with Crippen molar-refractivity contribution in [2.45, 2.75) is 13.1 Å². The van der Waals surface area contributed by atoms with E-state index in [2.05, 4.69) is 29.4 Å². The van der Waals surface area contributed by atoms with E-state index < -0.39 is 0 Å². The average Bonchev–Trinajstić information content (AvgIpc) is 2.99. The van der Waals surface area contributed by atoms with Crippen molar-refractivity contribution >= 4 is 5.95 Å². The number of imidazole rings is 1. The molecule has 1 aliphatic rings. The molecule has 3 aromatic heterocycles. The predicted octanol–water partition coefficient (Wildman–Crippen LogP) is 1.78. The number of hydrogen-bond donors (Lipinski definition) is 0. The van der Waals surface area contributed by atoms with Crippen LogP contribution in [-0.4, -0.2) is 37.7 Å². The molecule has 0 amide bonds. The highest BCUT2D eigenvalue weighted by Crippen LogP contribution is 2.20. The third-order valence-corrected chi connectivity index (χ3v) is 4.02. The molecule has 3 aromatic rings. The number of rotatable bonds is 4. The van der Waals surface area contributed by atoms with Gasteiger partial charge in [0, 0.05) is 50.0 Å². The van der Waals surface area contributed by atoms with Gasteiger partial charge in [-0.1, -0.05) is 0 Å². The van der Waals surface area contributed by atoms with E-state index in [-0.39, 0.29) is 0 Å². The van der Waals surface area contributed by atoms with Gasteiger partial charge in [-0.3, -0.25) is 4.98 Å². The Morgan fingerprint density at radius 1 is 1.04 bits per heavy atom. The smallest absolute Gasteiger partial charge is 0.225 e. The van der Waals surface area contributed by atoms with Crippen LogP contribution < -0.4 is 9.64 Å². The van der Waals surface area contributed by atoms with Crippen LogP contribution >= 0.6 is 0 Å². The maximum absolute atomic E-state index is 5.91. The Balaban J connectivity index is 1.53. The molecule has 1 aliphatic heterocycles. The molecule has 4 heterocycles. The first-order valence-corrected chi connectivity index (χ1v) is 7.93. The Labute approximate surface area is 140 Å². The minimum absolute atomic E-state index is 0.296. The molecule has 122 valence electrons. The number of anilines is 1. The summed E-state index contributed by atoms with van der Waals surface area (Å²) >= 11 is 0. The van der Waals surface area contributed by atoms with Gasteiger partial charge in [-0.2, -0.15) is 0 Å². The van der Waals surface area contributed by atoms with Crippen molar-refractivity contribution in [1.29, 1.82) is 0 Å². The molecule has 0 saturated heterocycles. The molecule has 7 heteroatoms. The van der Waals surface area contributed by atoms with Crippen LogP contribution in [0, 0.1) is 5.92 Å². The topological polar surface area (TPSA) is 69.0 Å². The molecule has 0 N–H and O–H groups in total. The van der Waals surface area contributed by atoms with E-state index in [1.54, 1.807) is 24.8 Å². The van der Waals surface area contributed by atoms with E-state index in [4.69, 9.17) is 4.74 Å². The summed E-state index contributed by atoms with van der Waals surface area (Å²) < 4.78 is 8.09. The first kappa shape index (κ1) is 14.6. The number of aromatic nitrogens is 5. The summed E-state index contributed by atoms with van der Waals surface area (Å²) in [7, 11) is 0. The highest BCUT2D eigenvalue weighted by Gasteiger charge is 2.24. The highest BCUT2D eigenvalue weighted by atomic mass is 16.5. The normalized spacial score (nSPS) is 17.2. The molecular formula is C17H18N6O. The molecule has 24 heavy (non-hydrogen) atoms. The van der Waals surface area contributed by atoms with Gasteiger partial charge in [-0.25, -0.2) is 15.0 Å². The Bertz CT molecular complexity index is 776. The summed E-state index contributed by atoms with van der Waals surface area (Å²) in [6, 6.07) is 5.62. The van der Waals surface area contributed by atoms with E-state index in [9.17, 15) is 0 Å². The van der Waals surface area contributed by atoms with Crippen molar-refractivity contribution < 1.29 is 4.74 Å². The van der Waals surface area contributed by atoms with Crippen molar-refractivity contribution in [3.05, 3.63) is 61.2 Å². The number of nitrogens with zero attached hydrogens (tertiary/aromatic N) is 6. The van der Waals surface area contributed by atoms with Gasteiger partial charge in [0.2, 0.25) is 5.95 Å². The third-order valence-electron chi connectivity index (χ3n) is 4.02. The lowest BCUT2D eigenvalue weighted by molar-refractivity contribution is 0.236. The molecule has 0 aromatic carbocycles. The van der Waals surface area contributed by atoms with Crippen molar-refractivity contribution in [1.82, 2.24) is 24.5 Å². The molecule has 0 saturated carbocycles. The predicted molar refractivity (Wildman–Crippen MR) is 88.5 cm³/mol. The summed E-state index contributed by atoms with van der Waals surface area (Å²) in [6.45, 7) is 2.97. The average molecular weight is 322 g/mol. The summed E-state index contributed by atoms with van der Waals surface area (Å²) in [5, 5.41) is 0. The molecule has 0 spiro atoms. The number of pyridine rings is 1. The molecule has 0 aliphatic carbocycles. The van der Waals surface area contributed by atoms with Crippen LogP contribution in [-0.2, 0) is 13.1 Å². The van der Waals surface area contributed by atoms with Gasteiger partial charge in [0.05, 0.1) is 19.3 Å². The molecule has 7 nitrogen and oxygen atoms in total. The molecule has 0 bridgehead atoms.